The maximum Gasteiger partial charge on any atom is 0.243 e. The van der Waals surface area contributed by atoms with Gasteiger partial charge in [-0.15, -0.1) is 11.8 Å². The highest BCUT2D eigenvalue weighted by atomic mass is 32.2. The van der Waals surface area contributed by atoms with Gasteiger partial charge >= 0.3 is 0 Å². The molecule has 3 rings (SSSR count). The van der Waals surface area contributed by atoms with E-state index in [4.69, 9.17) is 4.74 Å². The Morgan fingerprint density at radius 2 is 1.77 bits per heavy atom. The molecule has 6 heteroatoms. The standard InChI is InChI=1S/C29H40N2O3S/c1-5-27(29(33)30-25-11-7-6-8-12-25)31(18-23-10-9-13-26(17-23)34-4)28(32)20-35-19-24-15-21(2)14-22(3)16-24/h9-10,13-17,25,27H,5-8,11-12,18-20H2,1-4H3,(H,30,33)/t27-/m1/s1. The van der Waals surface area contributed by atoms with Crippen molar-refractivity contribution in [1.82, 2.24) is 10.2 Å². The molecule has 0 aromatic heterocycles. The molecule has 190 valence electrons. The van der Waals surface area contributed by atoms with Gasteiger partial charge in [0.1, 0.15) is 11.8 Å². The topological polar surface area (TPSA) is 58.6 Å². The number of rotatable bonds is 11. The summed E-state index contributed by atoms with van der Waals surface area (Å²) in [6.45, 7) is 6.56. The van der Waals surface area contributed by atoms with Crippen LogP contribution in [0.4, 0.5) is 0 Å². The third-order valence-electron chi connectivity index (χ3n) is 6.60. The summed E-state index contributed by atoms with van der Waals surface area (Å²) in [4.78, 5) is 28.6. The normalized spacial score (nSPS) is 14.9. The van der Waals surface area contributed by atoms with Crippen LogP contribution in [0.2, 0.25) is 0 Å². The number of carbonyl (C=O) groups is 2. The van der Waals surface area contributed by atoms with Crippen LogP contribution in [0.3, 0.4) is 0 Å². The fraction of sp³-hybridized carbons (Fsp3) is 0.517. The van der Waals surface area contributed by atoms with E-state index in [-0.39, 0.29) is 17.9 Å². The number of benzene rings is 2. The van der Waals surface area contributed by atoms with Gasteiger partial charge in [-0.1, -0.05) is 67.6 Å². The summed E-state index contributed by atoms with van der Waals surface area (Å²) in [6, 6.07) is 14.0. The van der Waals surface area contributed by atoms with Crippen molar-refractivity contribution >= 4 is 23.6 Å². The first-order valence-corrected chi connectivity index (χ1v) is 13.9. The van der Waals surface area contributed by atoms with Crippen molar-refractivity contribution in [1.29, 1.82) is 0 Å². The maximum atomic E-state index is 13.5. The van der Waals surface area contributed by atoms with Crippen LogP contribution in [0.25, 0.3) is 0 Å². The van der Waals surface area contributed by atoms with Gasteiger partial charge < -0.3 is 15.0 Å². The lowest BCUT2D eigenvalue weighted by Crippen LogP contribution is -2.52. The maximum absolute atomic E-state index is 13.5. The van der Waals surface area contributed by atoms with Crippen molar-refractivity contribution in [3.63, 3.8) is 0 Å². The van der Waals surface area contributed by atoms with Gasteiger partial charge in [0.2, 0.25) is 11.8 Å². The summed E-state index contributed by atoms with van der Waals surface area (Å²) in [5.74, 6) is 1.82. The minimum atomic E-state index is -0.488. The highest BCUT2D eigenvalue weighted by Gasteiger charge is 2.30. The predicted molar refractivity (Wildman–Crippen MR) is 145 cm³/mol. The van der Waals surface area contributed by atoms with Crippen molar-refractivity contribution in [3.05, 3.63) is 64.7 Å². The minimum Gasteiger partial charge on any atom is -0.497 e. The van der Waals surface area contributed by atoms with Crippen LogP contribution in [0.5, 0.6) is 5.75 Å². The SMILES string of the molecule is CC[C@H](C(=O)NC1CCCCC1)N(Cc1cccc(OC)c1)C(=O)CSCc1cc(C)cc(C)c1. The molecule has 2 aromatic rings. The third-order valence-corrected chi connectivity index (χ3v) is 7.59. The molecule has 2 aromatic carbocycles. The van der Waals surface area contributed by atoms with Crippen LogP contribution in [0, 0.1) is 13.8 Å². The molecule has 1 aliphatic carbocycles. The summed E-state index contributed by atoms with van der Waals surface area (Å²) >= 11 is 1.61. The van der Waals surface area contributed by atoms with E-state index in [0.717, 1.165) is 42.7 Å². The van der Waals surface area contributed by atoms with Gasteiger partial charge in [-0.2, -0.15) is 0 Å². The highest BCUT2D eigenvalue weighted by Crippen LogP contribution is 2.22. The Morgan fingerprint density at radius 3 is 2.43 bits per heavy atom. The number of nitrogens with zero attached hydrogens (tertiary/aromatic N) is 1. The molecule has 0 saturated heterocycles. The zero-order valence-electron chi connectivity index (χ0n) is 21.6. The molecule has 5 nitrogen and oxygen atoms in total. The molecule has 0 unspecified atom stereocenters. The van der Waals surface area contributed by atoms with Crippen LogP contribution < -0.4 is 10.1 Å². The Balaban J connectivity index is 1.73. The number of hydrogen-bond acceptors (Lipinski definition) is 4. The Morgan fingerprint density at radius 1 is 1.06 bits per heavy atom. The fourth-order valence-electron chi connectivity index (χ4n) is 4.92. The van der Waals surface area contributed by atoms with E-state index in [2.05, 4.69) is 37.4 Å². The average molecular weight is 497 g/mol. The van der Waals surface area contributed by atoms with E-state index < -0.39 is 6.04 Å². The molecule has 0 bridgehead atoms. The van der Waals surface area contributed by atoms with Crippen molar-refractivity contribution in [2.75, 3.05) is 12.9 Å². The second-order valence-corrected chi connectivity index (χ2v) is 10.6. The van der Waals surface area contributed by atoms with E-state index in [1.165, 1.54) is 23.1 Å². The largest absolute Gasteiger partial charge is 0.497 e. The van der Waals surface area contributed by atoms with E-state index in [1.807, 2.05) is 31.2 Å². The zero-order valence-corrected chi connectivity index (χ0v) is 22.5. The second-order valence-electron chi connectivity index (χ2n) is 9.63. The van der Waals surface area contributed by atoms with E-state index in [0.29, 0.717) is 18.7 Å². The van der Waals surface area contributed by atoms with Crippen molar-refractivity contribution in [2.45, 2.75) is 83.7 Å². The van der Waals surface area contributed by atoms with Crippen LogP contribution in [0.1, 0.15) is 67.7 Å². The van der Waals surface area contributed by atoms with Gasteiger partial charge in [0.05, 0.1) is 12.9 Å². The molecule has 35 heavy (non-hydrogen) atoms. The molecule has 0 heterocycles. The van der Waals surface area contributed by atoms with Gasteiger partial charge in [0.25, 0.3) is 0 Å². The zero-order chi connectivity index (χ0) is 25.2. The number of amides is 2. The number of aryl methyl sites for hydroxylation is 2. The van der Waals surface area contributed by atoms with Crippen LogP contribution in [0.15, 0.2) is 42.5 Å². The Kier molecular flexibility index (Phi) is 10.5. The van der Waals surface area contributed by atoms with Crippen molar-refractivity contribution in [2.24, 2.45) is 0 Å². The molecule has 2 amide bonds. The smallest absolute Gasteiger partial charge is 0.243 e. The molecule has 1 aliphatic rings. The van der Waals surface area contributed by atoms with Gasteiger partial charge in [-0.25, -0.2) is 0 Å². The van der Waals surface area contributed by atoms with Gasteiger partial charge in [-0.3, -0.25) is 9.59 Å². The summed E-state index contributed by atoms with van der Waals surface area (Å²) in [5.41, 5.74) is 4.65. The molecule has 1 N–H and O–H groups in total. The lowest BCUT2D eigenvalue weighted by atomic mass is 9.95. The third kappa shape index (κ3) is 8.31. The van der Waals surface area contributed by atoms with E-state index in [1.54, 1.807) is 23.8 Å². The first kappa shape index (κ1) is 27.1. The summed E-state index contributed by atoms with van der Waals surface area (Å²) in [7, 11) is 1.64. The number of methoxy groups -OCH3 is 1. The molecule has 0 radical (unpaired) electrons. The van der Waals surface area contributed by atoms with E-state index in [9.17, 15) is 9.59 Å². The molecule has 0 aliphatic heterocycles. The lowest BCUT2D eigenvalue weighted by Gasteiger charge is -2.33. The van der Waals surface area contributed by atoms with Gasteiger partial charge in [-0.05, 0) is 56.4 Å². The number of nitrogens with one attached hydrogen (secondary N) is 1. The molecule has 1 fully saturated rings. The first-order chi connectivity index (χ1) is 16.9. The number of ether oxygens (including phenoxy) is 1. The van der Waals surface area contributed by atoms with E-state index >= 15 is 0 Å². The summed E-state index contributed by atoms with van der Waals surface area (Å²) in [6.07, 6.45) is 6.18. The summed E-state index contributed by atoms with van der Waals surface area (Å²) < 4.78 is 5.38. The van der Waals surface area contributed by atoms with Gasteiger partial charge in [0.15, 0.2) is 0 Å². The highest BCUT2D eigenvalue weighted by molar-refractivity contribution is 7.99. The fourth-order valence-corrected chi connectivity index (χ4v) is 5.77. The Labute approximate surface area is 215 Å². The molecular weight excluding hydrogens is 456 g/mol. The molecular formula is C29H40N2O3S. The second kappa shape index (κ2) is 13.6. The van der Waals surface area contributed by atoms with Crippen molar-refractivity contribution in [3.8, 4) is 5.75 Å². The summed E-state index contributed by atoms with van der Waals surface area (Å²) in [5, 5.41) is 3.24. The number of hydrogen-bond donors (Lipinski definition) is 1. The Hall–Kier alpha value is -2.47. The predicted octanol–water partition coefficient (Wildman–Crippen LogP) is 5.80. The molecule has 1 saturated carbocycles. The molecule has 0 spiro atoms. The number of carbonyl (C=O) groups excluding carboxylic acids is 2. The molecule has 1 atom stereocenters. The lowest BCUT2D eigenvalue weighted by molar-refractivity contribution is -0.139. The first-order valence-electron chi connectivity index (χ1n) is 12.8. The number of thioether (sulfide) groups is 1. The van der Waals surface area contributed by atoms with Crippen molar-refractivity contribution < 1.29 is 14.3 Å². The monoisotopic (exact) mass is 496 g/mol. The van der Waals surface area contributed by atoms with Crippen LogP contribution >= 0.6 is 11.8 Å². The Bertz CT molecular complexity index is 967. The average Bonchev–Trinajstić information content (AvgIpc) is 2.84. The minimum absolute atomic E-state index is 0.00663. The van der Waals surface area contributed by atoms with Crippen LogP contribution in [-0.4, -0.2) is 41.7 Å². The van der Waals surface area contributed by atoms with Gasteiger partial charge in [0, 0.05) is 18.3 Å². The quantitative estimate of drug-likeness (QED) is 0.427. The van der Waals surface area contributed by atoms with Crippen LogP contribution in [-0.2, 0) is 21.9 Å².